The third kappa shape index (κ3) is 2.65. The predicted molar refractivity (Wildman–Crippen MR) is 61.8 cm³/mol. The van der Waals surface area contributed by atoms with Crippen molar-refractivity contribution in [3.8, 4) is 0 Å². The van der Waals surface area contributed by atoms with Crippen LogP contribution in [-0.4, -0.2) is 0 Å². The van der Waals surface area contributed by atoms with E-state index in [1.807, 2.05) is 12.1 Å². The highest BCUT2D eigenvalue weighted by atomic mass is 16.3. The lowest BCUT2D eigenvalue weighted by Crippen LogP contribution is -2.04. The Morgan fingerprint density at radius 3 is 2.33 bits per heavy atom. The van der Waals surface area contributed by atoms with Gasteiger partial charge < -0.3 is 0 Å². The zero-order valence-corrected chi connectivity index (χ0v) is 8.98. The highest BCUT2D eigenvalue weighted by molar-refractivity contribution is 5.25. The van der Waals surface area contributed by atoms with Gasteiger partial charge in [-0.2, -0.15) is 4.91 Å². The van der Waals surface area contributed by atoms with Crippen molar-refractivity contribution >= 4 is 0 Å². The number of nitrogens with zero attached hydrogens (tertiary/aromatic N) is 1. The highest BCUT2D eigenvalue weighted by Crippen LogP contribution is 2.32. The van der Waals surface area contributed by atoms with E-state index in [1.165, 1.54) is 37.7 Å². The Morgan fingerprint density at radius 2 is 1.73 bits per heavy atom. The lowest BCUT2D eigenvalue weighted by atomic mass is 9.84. The molecule has 0 spiro atoms. The van der Waals surface area contributed by atoms with Gasteiger partial charge in [-0.15, -0.1) is 0 Å². The van der Waals surface area contributed by atoms with Crippen LogP contribution in [0.3, 0.4) is 0 Å². The van der Waals surface area contributed by atoms with Crippen molar-refractivity contribution in [2.75, 3.05) is 0 Å². The second-order valence-electron chi connectivity index (χ2n) is 4.36. The van der Waals surface area contributed by atoms with Crippen LogP contribution in [-0.2, 0) is 6.54 Å². The summed E-state index contributed by atoms with van der Waals surface area (Å²) in [7, 11) is 0. The van der Waals surface area contributed by atoms with Crippen molar-refractivity contribution in [2.45, 2.75) is 44.6 Å². The summed E-state index contributed by atoms with van der Waals surface area (Å²) in [6.07, 6.45) is 6.77. The van der Waals surface area contributed by atoms with Crippen molar-refractivity contribution in [1.82, 2.24) is 0 Å². The first-order valence-corrected chi connectivity index (χ1v) is 5.78. The van der Waals surface area contributed by atoms with Gasteiger partial charge in [0.15, 0.2) is 0 Å². The summed E-state index contributed by atoms with van der Waals surface area (Å²) in [6.45, 7) is 0.297. The fourth-order valence-electron chi connectivity index (χ4n) is 2.41. The standard InChI is InChI=1S/C13H17NO/c15-14-10-11-6-8-13(9-7-11)12-4-2-1-3-5-12/h6-9,12H,1-5,10H2. The van der Waals surface area contributed by atoms with Crippen LogP contribution < -0.4 is 0 Å². The lowest BCUT2D eigenvalue weighted by molar-refractivity contribution is 0.443. The van der Waals surface area contributed by atoms with E-state index in [9.17, 15) is 4.91 Å². The normalized spacial score (nSPS) is 17.6. The van der Waals surface area contributed by atoms with Gasteiger partial charge in [0, 0.05) is 0 Å². The van der Waals surface area contributed by atoms with E-state index < -0.39 is 0 Å². The largest absolute Gasteiger partial charge is 0.150 e. The summed E-state index contributed by atoms with van der Waals surface area (Å²) in [4.78, 5) is 10.1. The maximum atomic E-state index is 10.1. The van der Waals surface area contributed by atoms with Gasteiger partial charge in [0.05, 0.1) is 0 Å². The summed E-state index contributed by atoms with van der Waals surface area (Å²) < 4.78 is 0. The number of hydrogen-bond acceptors (Lipinski definition) is 2. The van der Waals surface area contributed by atoms with E-state index in [-0.39, 0.29) is 0 Å². The molecule has 1 aliphatic rings. The maximum Gasteiger partial charge on any atom is 0.106 e. The lowest BCUT2D eigenvalue weighted by Gasteiger charge is -2.21. The maximum absolute atomic E-state index is 10.1. The Labute approximate surface area is 90.7 Å². The van der Waals surface area contributed by atoms with Gasteiger partial charge >= 0.3 is 0 Å². The molecule has 0 heterocycles. The molecule has 2 nitrogen and oxygen atoms in total. The van der Waals surface area contributed by atoms with Gasteiger partial charge in [-0.25, -0.2) is 0 Å². The van der Waals surface area contributed by atoms with Crippen LogP contribution in [0.25, 0.3) is 0 Å². The summed E-state index contributed by atoms with van der Waals surface area (Å²) in [5, 5.41) is 2.90. The van der Waals surface area contributed by atoms with Crippen molar-refractivity contribution < 1.29 is 0 Å². The number of nitroso groups, excluding NO2 is 1. The van der Waals surface area contributed by atoms with E-state index in [2.05, 4.69) is 17.3 Å². The molecular formula is C13H17NO. The number of hydrogen-bond donors (Lipinski definition) is 0. The molecule has 2 rings (SSSR count). The Morgan fingerprint density at radius 1 is 1.07 bits per heavy atom. The summed E-state index contributed by atoms with van der Waals surface area (Å²) in [6, 6.07) is 8.39. The molecule has 1 aromatic rings. The molecule has 0 amide bonds. The molecule has 0 aliphatic heterocycles. The third-order valence-electron chi connectivity index (χ3n) is 3.30. The van der Waals surface area contributed by atoms with Crippen LogP contribution >= 0.6 is 0 Å². The van der Waals surface area contributed by atoms with E-state index >= 15 is 0 Å². The molecule has 0 radical (unpaired) electrons. The van der Waals surface area contributed by atoms with Gasteiger partial charge in [-0.3, -0.25) is 0 Å². The first kappa shape index (κ1) is 10.3. The molecule has 0 atom stereocenters. The Balaban J connectivity index is 2.04. The minimum Gasteiger partial charge on any atom is -0.150 e. The molecule has 1 aliphatic carbocycles. The molecule has 0 aromatic heterocycles. The summed E-state index contributed by atoms with van der Waals surface area (Å²) >= 11 is 0. The molecule has 2 heteroatoms. The molecule has 1 aromatic carbocycles. The van der Waals surface area contributed by atoms with Gasteiger partial charge in [0.2, 0.25) is 0 Å². The van der Waals surface area contributed by atoms with Gasteiger partial charge in [0.25, 0.3) is 0 Å². The summed E-state index contributed by atoms with van der Waals surface area (Å²) in [5.41, 5.74) is 2.45. The molecule has 0 unspecified atom stereocenters. The van der Waals surface area contributed by atoms with Crippen LogP contribution in [0.4, 0.5) is 0 Å². The van der Waals surface area contributed by atoms with Crippen LogP contribution in [0.15, 0.2) is 29.4 Å². The third-order valence-corrected chi connectivity index (χ3v) is 3.30. The van der Waals surface area contributed by atoms with Crippen LogP contribution in [0.5, 0.6) is 0 Å². The van der Waals surface area contributed by atoms with E-state index in [4.69, 9.17) is 0 Å². The fraction of sp³-hybridized carbons (Fsp3) is 0.538. The molecular weight excluding hydrogens is 186 g/mol. The Bertz CT molecular complexity index is 312. The average Bonchev–Trinajstić information content (AvgIpc) is 2.32. The van der Waals surface area contributed by atoms with Crippen molar-refractivity contribution in [3.05, 3.63) is 40.3 Å². The number of rotatable bonds is 3. The number of benzene rings is 1. The molecule has 0 saturated heterocycles. The quantitative estimate of drug-likeness (QED) is 0.683. The molecule has 1 fully saturated rings. The van der Waals surface area contributed by atoms with Crippen LogP contribution in [0.2, 0.25) is 0 Å². The fourth-order valence-corrected chi connectivity index (χ4v) is 2.41. The second-order valence-corrected chi connectivity index (χ2v) is 4.36. The van der Waals surface area contributed by atoms with Crippen molar-refractivity contribution in [1.29, 1.82) is 0 Å². The minimum atomic E-state index is 0.297. The van der Waals surface area contributed by atoms with E-state index in [0.29, 0.717) is 6.54 Å². The molecule has 1 saturated carbocycles. The second kappa shape index (κ2) is 5.06. The smallest absolute Gasteiger partial charge is 0.106 e. The zero-order chi connectivity index (χ0) is 10.5. The van der Waals surface area contributed by atoms with Gasteiger partial charge in [-0.05, 0) is 29.9 Å². The molecule has 0 N–H and O–H groups in total. The summed E-state index contributed by atoms with van der Waals surface area (Å²) in [5.74, 6) is 0.747. The average molecular weight is 203 g/mol. The van der Waals surface area contributed by atoms with Crippen LogP contribution in [0, 0.1) is 4.91 Å². The Kier molecular flexibility index (Phi) is 3.49. The highest BCUT2D eigenvalue weighted by Gasteiger charge is 2.14. The van der Waals surface area contributed by atoms with Crippen LogP contribution in [0.1, 0.15) is 49.1 Å². The van der Waals surface area contributed by atoms with E-state index in [1.54, 1.807) is 0 Å². The molecule has 80 valence electrons. The Hall–Kier alpha value is -1.18. The van der Waals surface area contributed by atoms with Crippen molar-refractivity contribution in [3.63, 3.8) is 0 Å². The first-order chi connectivity index (χ1) is 7.40. The first-order valence-electron chi connectivity index (χ1n) is 5.78. The van der Waals surface area contributed by atoms with Gasteiger partial charge in [0.1, 0.15) is 6.54 Å². The molecule has 15 heavy (non-hydrogen) atoms. The van der Waals surface area contributed by atoms with Gasteiger partial charge in [-0.1, -0.05) is 48.7 Å². The predicted octanol–water partition coefficient (Wildman–Crippen LogP) is 4.00. The topological polar surface area (TPSA) is 29.4 Å². The zero-order valence-electron chi connectivity index (χ0n) is 8.98. The molecule has 0 bridgehead atoms. The monoisotopic (exact) mass is 203 g/mol. The van der Waals surface area contributed by atoms with Crippen molar-refractivity contribution in [2.24, 2.45) is 5.18 Å². The van der Waals surface area contributed by atoms with E-state index in [0.717, 1.165) is 11.5 Å². The SMILES string of the molecule is O=NCc1ccc(C2CCCCC2)cc1. The minimum absolute atomic E-state index is 0.297.